The van der Waals surface area contributed by atoms with E-state index in [1.54, 1.807) is 0 Å². The summed E-state index contributed by atoms with van der Waals surface area (Å²) < 4.78 is 16.7. The Morgan fingerprint density at radius 3 is 2.13 bits per heavy atom. The molecule has 61 heavy (non-hydrogen) atoms. The Balaban J connectivity index is 0.000000214. The molecule has 6 aromatic carbocycles. The van der Waals surface area contributed by atoms with E-state index in [1.165, 1.54) is 10.8 Å². The summed E-state index contributed by atoms with van der Waals surface area (Å²) in [7, 11) is -1.29. The van der Waals surface area contributed by atoms with Gasteiger partial charge in [0, 0.05) is 50.0 Å². The Labute approximate surface area is 374 Å². The van der Waals surface area contributed by atoms with Gasteiger partial charge >= 0.3 is 0 Å². The summed E-state index contributed by atoms with van der Waals surface area (Å²) in [5, 5.41) is 3.36. The molecule has 4 aromatic heterocycles. The maximum Gasteiger partial charge on any atom is 0.216 e. The van der Waals surface area contributed by atoms with Crippen molar-refractivity contribution in [2.75, 3.05) is 0 Å². The Kier molecular flexibility index (Phi) is 11.5. The number of hydrogen-bond donors (Lipinski definition) is 0. The van der Waals surface area contributed by atoms with Crippen LogP contribution in [0.25, 0.3) is 83.7 Å². The van der Waals surface area contributed by atoms with E-state index >= 15 is 0 Å². The van der Waals surface area contributed by atoms with Gasteiger partial charge in [0.1, 0.15) is 0 Å². The van der Waals surface area contributed by atoms with Crippen molar-refractivity contribution in [2.45, 2.75) is 46.3 Å². The molecule has 10 rings (SSSR count). The van der Waals surface area contributed by atoms with Crippen LogP contribution in [0.4, 0.5) is 0 Å². The van der Waals surface area contributed by atoms with E-state index in [0.29, 0.717) is 5.71 Å². The zero-order chi connectivity index (χ0) is 42.3. The minimum atomic E-state index is -1.29. The Morgan fingerprint density at radius 1 is 0.705 bits per heavy atom. The second-order valence-corrected chi connectivity index (χ2v) is 21.5. The molecule has 0 saturated heterocycles. The molecule has 0 aliphatic heterocycles. The topological polar surface area (TPSA) is 56.7 Å². The van der Waals surface area contributed by atoms with Gasteiger partial charge in [-0.3, -0.25) is 4.98 Å². The van der Waals surface area contributed by atoms with Gasteiger partial charge in [0.25, 0.3) is 0 Å². The van der Waals surface area contributed by atoms with Gasteiger partial charge in [-0.05, 0) is 70.9 Å². The molecule has 0 saturated carbocycles. The van der Waals surface area contributed by atoms with E-state index in [4.69, 9.17) is 10.8 Å². The molecule has 7 heteroatoms. The smallest absolute Gasteiger partial charge is 0.216 e. The molecular formula is C54H46IrN4OSi-2. The van der Waals surface area contributed by atoms with Crippen molar-refractivity contribution in [2.24, 2.45) is 0 Å². The average Bonchev–Trinajstić information content (AvgIpc) is 3.85. The summed E-state index contributed by atoms with van der Waals surface area (Å²) >= 11 is 0. The summed E-state index contributed by atoms with van der Waals surface area (Å²) in [5.74, 6) is 0.196. The van der Waals surface area contributed by atoms with Crippen molar-refractivity contribution in [1.29, 1.82) is 0 Å². The molecule has 1 radical (unpaired) electrons. The zero-order valence-corrected chi connectivity index (χ0v) is 38.5. The fraction of sp³-hybridized carbons (Fsp3) is 0.130. The van der Waals surface area contributed by atoms with Crippen LogP contribution < -0.4 is 5.19 Å². The van der Waals surface area contributed by atoms with Crippen molar-refractivity contribution >= 4 is 46.4 Å². The maximum atomic E-state index is 8.01. The van der Waals surface area contributed by atoms with Crippen LogP contribution in [-0.2, 0) is 20.1 Å². The van der Waals surface area contributed by atoms with Crippen LogP contribution in [0.15, 0.2) is 168 Å². The molecule has 0 aliphatic rings. The number of imidazole rings is 1. The Morgan fingerprint density at radius 2 is 1.44 bits per heavy atom. The summed E-state index contributed by atoms with van der Waals surface area (Å²) in [5.41, 5.74) is 13.5. The third kappa shape index (κ3) is 8.42. The average molecular weight is 988 g/mol. The second kappa shape index (κ2) is 17.4. The molecule has 0 fully saturated rings. The number of nitrogens with zero attached hydrogens (tertiary/aromatic N) is 4. The first-order valence-corrected chi connectivity index (χ1v) is 23.9. The van der Waals surface area contributed by atoms with Gasteiger partial charge in [0.2, 0.25) is 5.71 Å². The first-order chi connectivity index (χ1) is 29.4. The molecule has 0 atom stereocenters. The van der Waals surface area contributed by atoms with Crippen molar-refractivity contribution in [3.05, 3.63) is 187 Å². The number of aromatic nitrogens is 4. The molecule has 5 nitrogen and oxygen atoms in total. The SMILES string of the molecule is Cc1ccc2c(n1)oc1c(-c3nc4ccccc4n3-c3ccc(-c4ccccc4)cc3-c3ccccc3)[c-]ccc12.[2H]C(C)(C)c1c[c-]c(-c2ccc([Si](C)(C)C)cn2)cc1.[Ir]. The third-order valence-corrected chi connectivity index (χ3v) is 13.0. The van der Waals surface area contributed by atoms with E-state index in [2.05, 4.69) is 156 Å². The van der Waals surface area contributed by atoms with E-state index in [-0.39, 0.29) is 20.1 Å². The van der Waals surface area contributed by atoms with Gasteiger partial charge < -0.3 is 14.0 Å². The molecule has 0 amide bonds. The van der Waals surface area contributed by atoms with Crippen LogP contribution in [0.3, 0.4) is 0 Å². The minimum absolute atomic E-state index is 0. The largest absolute Gasteiger partial charge is 0.486 e. The van der Waals surface area contributed by atoms with Gasteiger partial charge in [-0.25, -0.2) is 4.98 Å². The number of hydrogen-bond acceptors (Lipinski definition) is 4. The second-order valence-electron chi connectivity index (χ2n) is 16.4. The van der Waals surface area contributed by atoms with Crippen LogP contribution >= 0.6 is 0 Å². The van der Waals surface area contributed by atoms with Crippen LogP contribution in [0, 0.1) is 19.1 Å². The summed E-state index contributed by atoms with van der Waals surface area (Å²) in [6.45, 7) is 12.7. The van der Waals surface area contributed by atoms with Crippen LogP contribution in [0.1, 0.15) is 32.4 Å². The predicted octanol–water partition coefficient (Wildman–Crippen LogP) is 13.6. The molecule has 303 valence electrons. The zero-order valence-electron chi connectivity index (χ0n) is 36.1. The van der Waals surface area contributed by atoms with Crippen molar-refractivity contribution in [3.63, 3.8) is 0 Å². The third-order valence-electron chi connectivity index (χ3n) is 10.9. The van der Waals surface area contributed by atoms with Crippen molar-refractivity contribution in [3.8, 4) is 50.6 Å². The molecule has 0 bridgehead atoms. The normalized spacial score (nSPS) is 11.9. The van der Waals surface area contributed by atoms with Crippen LogP contribution in [-0.4, -0.2) is 27.6 Å². The number of furan rings is 1. The van der Waals surface area contributed by atoms with E-state index in [1.807, 2.05) is 75.5 Å². The molecule has 0 spiro atoms. The van der Waals surface area contributed by atoms with E-state index in [0.717, 1.165) is 83.7 Å². The van der Waals surface area contributed by atoms with Gasteiger partial charge in [-0.1, -0.05) is 141 Å². The molecule has 0 unspecified atom stereocenters. The van der Waals surface area contributed by atoms with E-state index in [9.17, 15) is 0 Å². The quantitative estimate of drug-likeness (QED) is 0.118. The van der Waals surface area contributed by atoms with Gasteiger partial charge in [0.15, 0.2) is 0 Å². The molecular weight excluding hydrogens is 941 g/mol. The molecule has 0 N–H and O–H groups in total. The number of fused-ring (bicyclic) bond motifs is 4. The minimum Gasteiger partial charge on any atom is -0.486 e. The Hall–Kier alpha value is -6.24. The summed E-state index contributed by atoms with van der Waals surface area (Å²) in [6.07, 6.45) is 2.00. The number of pyridine rings is 2. The fourth-order valence-corrected chi connectivity index (χ4v) is 8.64. The van der Waals surface area contributed by atoms with Gasteiger partial charge in [0.05, 0.1) is 30.5 Å². The first kappa shape index (κ1) is 40.2. The number of para-hydroxylation sites is 2. The van der Waals surface area contributed by atoms with Crippen molar-refractivity contribution in [1.82, 2.24) is 19.5 Å². The van der Waals surface area contributed by atoms with Crippen LogP contribution in [0.2, 0.25) is 19.6 Å². The first-order valence-electron chi connectivity index (χ1n) is 20.9. The van der Waals surface area contributed by atoms with Crippen molar-refractivity contribution < 1.29 is 25.9 Å². The summed E-state index contributed by atoms with van der Waals surface area (Å²) in [4.78, 5) is 14.4. The number of aryl methyl sites for hydroxylation is 1. The number of rotatable bonds is 7. The van der Waals surface area contributed by atoms with E-state index < -0.39 is 14.0 Å². The maximum absolute atomic E-state index is 8.01. The Bertz CT molecular complexity index is 3090. The molecule has 10 aromatic rings. The summed E-state index contributed by atoms with van der Waals surface area (Å²) in [6, 6.07) is 60.9. The molecule has 0 aliphatic carbocycles. The van der Waals surface area contributed by atoms with Crippen LogP contribution in [0.5, 0.6) is 0 Å². The van der Waals surface area contributed by atoms with Gasteiger partial charge in [-0.15, -0.1) is 53.6 Å². The predicted molar refractivity (Wildman–Crippen MR) is 252 cm³/mol. The monoisotopic (exact) mass is 988 g/mol. The molecule has 4 heterocycles. The van der Waals surface area contributed by atoms with Gasteiger partial charge in [-0.2, -0.15) is 0 Å². The number of benzene rings is 6. The fourth-order valence-electron chi connectivity index (χ4n) is 7.60. The standard InChI is InChI=1S/C37H24N3O.C17H22NSi.Ir/c1-24-19-21-29-28-15-10-16-30(35(28)41-37(29)38-24)36-39-32-17-8-9-18-34(32)40(36)33-22-20-27(25-11-4-2-5-12-25)23-31(33)26-13-6-3-7-14-26;1-13(2)14-6-8-15(9-7-14)17-11-10-16(12-18-17)19(3,4)5;/h2-15,17-23H,1H3;6-8,10-13H,1-5H3;/q2*-1;/i;13D;.